The lowest BCUT2D eigenvalue weighted by Gasteiger charge is -2.23. The van der Waals surface area contributed by atoms with Crippen LogP contribution in [0, 0.1) is 12.8 Å². The zero-order valence-electron chi connectivity index (χ0n) is 17.4. The number of aryl methyl sites for hydroxylation is 1. The van der Waals surface area contributed by atoms with Crippen LogP contribution in [-0.2, 0) is 0 Å². The molecule has 2 aliphatic rings. The van der Waals surface area contributed by atoms with E-state index in [-0.39, 0.29) is 11.9 Å². The molecule has 2 saturated carbocycles. The van der Waals surface area contributed by atoms with Crippen LogP contribution >= 0.6 is 0 Å². The minimum Gasteiger partial charge on any atom is -0.335 e. The molecule has 2 heterocycles. The Kier molecular flexibility index (Phi) is 4.41. The third-order valence-electron chi connectivity index (χ3n) is 6.11. The summed E-state index contributed by atoms with van der Waals surface area (Å²) in [7, 11) is 0. The smallest absolute Gasteiger partial charge is 0.254 e. The number of rotatable bonds is 6. The summed E-state index contributed by atoms with van der Waals surface area (Å²) in [6, 6.07) is 10.8. The number of pyridine rings is 1. The summed E-state index contributed by atoms with van der Waals surface area (Å²) in [6.45, 7) is 7.18. The lowest BCUT2D eigenvalue weighted by atomic mass is 10.0. The molecule has 0 atom stereocenters. The highest BCUT2D eigenvalue weighted by atomic mass is 16.2. The van der Waals surface area contributed by atoms with E-state index >= 15 is 0 Å². The molecule has 0 unspecified atom stereocenters. The second-order valence-electron chi connectivity index (χ2n) is 8.92. The first-order chi connectivity index (χ1) is 14.0. The zero-order chi connectivity index (χ0) is 20.1. The molecule has 0 spiro atoms. The lowest BCUT2D eigenvalue weighted by molar-refractivity contribution is 0.0736. The predicted molar refractivity (Wildman–Crippen MR) is 115 cm³/mol. The topological polar surface area (TPSA) is 51.0 Å². The maximum Gasteiger partial charge on any atom is 0.254 e. The highest BCUT2D eigenvalue weighted by Crippen LogP contribution is 2.37. The zero-order valence-corrected chi connectivity index (χ0v) is 17.4. The molecule has 5 heteroatoms. The molecule has 150 valence electrons. The van der Waals surface area contributed by atoms with Crippen LogP contribution in [0.4, 0.5) is 0 Å². The van der Waals surface area contributed by atoms with Crippen molar-refractivity contribution in [3.63, 3.8) is 0 Å². The number of benzene rings is 1. The van der Waals surface area contributed by atoms with E-state index in [1.165, 1.54) is 12.8 Å². The molecule has 29 heavy (non-hydrogen) atoms. The monoisotopic (exact) mass is 388 g/mol. The van der Waals surface area contributed by atoms with Gasteiger partial charge in [-0.25, -0.2) is 9.67 Å². The molecule has 5 nitrogen and oxygen atoms in total. The second-order valence-corrected chi connectivity index (χ2v) is 8.92. The summed E-state index contributed by atoms with van der Waals surface area (Å²) in [5, 5.41) is 5.44. The van der Waals surface area contributed by atoms with Crippen molar-refractivity contribution >= 4 is 16.9 Å². The van der Waals surface area contributed by atoms with Gasteiger partial charge in [-0.2, -0.15) is 5.10 Å². The molecule has 1 amide bonds. The summed E-state index contributed by atoms with van der Waals surface area (Å²) in [5.41, 5.74) is 4.62. The fourth-order valence-corrected chi connectivity index (χ4v) is 4.09. The Hall–Kier alpha value is -2.69. The van der Waals surface area contributed by atoms with Crippen molar-refractivity contribution in [1.82, 2.24) is 19.7 Å². The Morgan fingerprint density at radius 1 is 1.21 bits per heavy atom. The fourth-order valence-electron chi connectivity index (χ4n) is 4.09. The Balaban J connectivity index is 1.66. The molecule has 3 aromatic rings. The van der Waals surface area contributed by atoms with Crippen LogP contribution in [0.25, 0.3) is 22.3 Å². The van der Waals surface area contributed by atoms with Crippen molar-refractivity contribution in [3.05, 3.63) is 47.7 Å². The van der Waals surface area contributed by atoms with E-state index in [0.717, 1.165) is 52.8 Å². The molecule has 2 aromatic heterocycles. The Bertz CT molecular complexity index is 1080. The van der Waals surface area contributed by atoms with Crippen molar-refractivity contribution in [2.75, 3.05) is 6.54 Å². The Morgan fingerprint density at radius 3 is 2.62 bits per heavy atom. The fraction of sp³-hybridized carbons (Fsp3) is 0.458. The van der Waals surface area contributed by atoms with Crippen molar-refractivity contribution in [2.45, 2.75) is 58.5 Å². The standard InChI is InChI=1S/C24H28N4O/c1-15(2)28-23-21(13-25-28)20(12-22(26-23)19-7-5-4-6-16(19)3)24(29)27(18-10-11-18)14-17-8-9-17/h4-7,12-13,15,17-18H,8-11,14H2,1-3H3. The van der Waals surface area contributed by atoms with Crippen LogP contribution in [0.1, 0.15) is 61.5 Å². The number of hydrogen-bond donors (Lipinski definition) is 0. The third kappa shape index (κ3) is 3.43. The number of aromatic nitrogens is 3. The van der Waals surface area contributed by atoms with Crippen LogP contribution in [0.5, 0.6) is 0 Å². The van der Waals surface area contributed by atoms with E-state index in [9.17, 15) is 4.79 Å². The van der Waals surface area contributed by atoms with Gasteiger partial charge in [-0.1, -0.05) is 24.3 Å². The number of carbonyl (C=O) groups excluding carboxylic acids is 1. The predicted octanol–water partition coefficient (Wildman–Crippen LogP) is 5.00. The Labute approximate surface area is 171 Å². The first-order valence-electron chi connectivity index (χ1n) is 10.8. The van der Waals surface area contributed by atoms with Gasteiger partial charge >= 0.3 is 0 Å². The average Bonchev–Trinajstić information content (AvgIpc) is 3.63. The van der Waals surface area contributed by atoms with Gasteiger partial charge in [0.1, 0.15) is 0 Å². The van der Waals surface area contributed by atoms with Gasteiger partial charge in [0, 0.05) is 24.2 Å². The van der Waals surface area contributed by atoms with E-state index in [0.29, 0.717) is 12.0 Å². The second kappa shape index (κ2) is 6.97. The van der Waals surface area contributed by atoms with Crippen molar-refractivity contribution in [2.24, 2.45) is 5.92 Å². The molecule has 0 radical (unpaired) electrons. The summed E-state index contributed by atoms with van der Waals surface area (Å²) in [5.74, 6) is 0.830. The van der Waals surface area contributed by atoms with Gasteiger partial charge in [0.05, 0.1) is 22.8 Å². The maximum absolute atomic E-state index is 13.7. The van der Waals surface area contributed by atoms with E-state index in [1.54, 1.807) is 0 Å². The Morgan fingerprint density at radius 2 is 1.97 bits per heavy atom. The van der Waals surface area contributed by atoms with Crippen LogP contribution in [0.3, 0.4) is 0 Å². The van der Waals surface area contributed by atoms with E-state index in [2.05, 4.69) is 42.9 Å². The average molecular weight is 389 g/mol. The number of nitrogens with zero attached hydrogens (tertiary/aromatic N) is 4. The summed E-state index contributed by atoms with van der Waals surface area (Å²) in [4.78, 5) is 20.8. The molecule has 0 aliphatic heterocycles. The molecule has 0 bridgehead atoms. The van der Waals surface area contributed by atoms with Crippen molar-refractivity contribution in [1.29, 1.82) is 0 Å². The number of amides is 1. The molecule has 5 rings (SSSR count). The highest BCUT2D eigenvalue weighted by molar-refractivity contribution is 6.06. The van der Waals surface area contributed by atoms with Gasteiger partial charge in [-0.05, 0) is 64.0 Å². The van der Waals surface area contributed by atoms with Crippen LogP contribution < -0.4 is 0 Å². The normalized spacial score (nSPS) is 16.6. The molecule has 2 aliphatic carbocycles. The van der Waals surface area contributed by atoms with Crippen molar-refractivity contribution < 1.29 is 4.79 Å². The molecular formula is C24H28N4O. The summed E-state index contributed by atoms with van der Waals surface area (Å²) < 4.78 is 1.93. The maximum atomic E-state index is 13.7. The highest BCUT2D eigenvalue weighted by Gasteiger charge is 2.37. The minimum atomic E-state index is 0.143. The van der Waals surface area contributed by atoms with Gasteiger partial charge in [0.15, 0.2) is 5.65 Å². The SMILES string of the molecule is Cc1ccccc1-c1cc(C(=O)N(CC2CC2)C2CC2)c2cnn(C(C)C)c2n1. The first-order valence-corrected chi connectivity index (χ1v) is 10.8. The number of carbonyl (C=O) groups is 1. The minimum absolute atomic E-state index is 0.143. The summed E-state index contributed by atoms with van der Waals surface area (Å²) >= 11 is 0. The molecule has 0 N–H and O–H groups in total. The van der Waals surface area contributed by atoms with Gasteiger partial charge in [0.2, 0.25) is 0 Å². The van der Waals surface area contributed by atoms with E-state index < -0.39 is 0 Å². The summed E-state index contributed by atoms with van der Waals surface area (Å²) in [6.07, 6.45) is 6.58. The van der Waals surface area contributed by atoms with Gasteiger partial charge in [0.25, 0.3) is 5.91 Å². The van der Waals surface area contributed by atoms with Crippen LogP contribution in [0.2, 0.25) is 0 Å². The van der Waals surface area contributed by atoms with Crippen molar-refractivity contribution in [3.8, 4) is 11.3 Å². The van der Waals surface area contributed by atoms with E-state index in [4.69, 9.17) is 4.98 Å². The van der Waals surface area contributed by atoms with Crippen LogP contribution in [0.15, 0.2) is 36.5 Å². The van der Waals surface area contributed by atoms with Crippen LogP contribution in [-0.4, -0.2) is 38.2 Å². The number of fused-ring (bicyclic) bond motifs is 1. The first kappa shape index (κ1) is 18.3. The quantitative estimate of drug-likeness (QED) is 0.597. The van der Waals surface area contributed by atoms with Gasteiger partial charge < -0.3 is 4.90 Å². The third-order valence-corrected chi connectivity index (χ3v) is 6.11. The van der Waals surface area contributed by atoms with Gasteiger partial charge in [-0.3, -0.25) is 4.79 Å². The molecule has 0 saturated heterocycles. The molecule has 1 aromatic carbocycles. The largest absolute Gasteiger partial charge is 0.335 e. The van der Waals surface area contributed by atoms with Gasteiger partial charge in [-0.15, -0.1) is 0 Å². The molecule has 2 fully saturated rings. The van der Waals surface area contributed by atoms with E-state index in [1.807, 2.05) is 29.1 Å². The lowest BCUT2D eigenvalue weighted by Crippen LogP contribution is -2.35. The number of hydrogen-bond acceptors (Lipinski definition) is 3. The molecular weight excluding hydrogens is 360 g/mol.